The average molecular weight is 597 g/mol. The highest BCUT2D eigenvalue weighted by Crippen LogP contribution is 2.44. The minimum atomic E-state index is -0.359. The van der Waals surface area contributed by atoms with Crippen LogP contribution in [0.3, 0.4) is 0 Å². The van der Waals surface area contributed by atoms with E-state index in [1.807, 2.05) is 72.8 Å². The number of carbonyl (C=O) groups is 4. The Morgan fingerprint density at radius 2 is 0.891 bits per heavy atom. The van der Waals surface area contributed by atoms with Gasteiger partial charge in [-0.3, -0.25) is 19.2 Å². The fraction of sp³-hybridized carbons (Fsp3) is 0. The molecule has 0 spiro atoms. The summed E-state index contributed by atoms with van der Waals surface area (Å²) in [5.41, 5.74) is 4.22. The number of hydrogen-bond acceptors (Lipinski definition) is 6. The number of H-pyrrole nitrogens is 2. The van der Waals surface area contributed by atoms with Gasteiger partial charge in [-0.05, 0) is 68.7 Å². The predicted molar refractivity (Wildman–Crippen MR) is 177 cm³/mol. The third-order valence-corrected chi connectivity index (χ3v) is 8.92. The Balaban J connectivity index is 1.41. The summed E-state index contributed by atoms with van der Waals surface area (Å²) in [5, 5.41) is 5.70. The summed E-state index contributed by atoms with van der Waals surface area (Å²) in [6, 6.07) is 29.1. The number of nitrogens with zero attached hydrogens (tertiary/aromatic N) is 2. The van der Waals surface area contributed by atoms with Crippen molar-refractivity contribution in [1.29, 1.82) is 0 Å². The number of aromatic nitrogens is 4. The van der Waals surface area contributed by atoms with Gasteiger partial charge in [0.15, 0.2) is 24.2 Å². The van der Waals surface area contributed by atoms with Gasteiger partial charge in [-0.15, -0.1) is 0 Å². The van der Waals surface area contributed by atoms with Crippen LogP contribution in [-0.2, 0) is 0 Å². The fourth-order valence-electron chi connectivity index (χ4n) is 6.89. The van der Waals surface area contributed by atoms with Crippen molar-refractivity contribution >= 4 is 89.3 Å². The second-order valence-electron chi connectivity index (χ2n) is 11.3. The first-order valence-electron chi connectivity index (χ1n) is 14.6. The number of para-hydroxylation sites is 4. The monoisotopic (exact) mass is 596 g/mol. The lowest BCUT2D eigenvalue weighted by Crippen LogP contribution is -2.10. The highest BCUT2D eigenvalue weighted by Gasteiger charge is 2.27. The van der Waals surface area contributed by atoms with Gasteiger partial charge in [-0.1, -0.05) is 60.7 Å². The summed E-state index contributed by atoms with van der Waals surface area (Å²) in [5.74, 6) is -0.397. The third-order valence-electron chi connectivity index (χ3n) is 8.92. The van der Waals surface area contributed by atoms with E-state index in [1.54, 1.807) is 24.3 Å². The van der Waals surface area contributed by atoms with Crippen LogP contribution in [0.4, 0.5) is 0 Å². The summed E-state index contributed by atoms with van der Waals surface area (Å²) >= 11 is 0. The molecule has 0 fully saturated rings. The molecule has 2 heterocycles. The molecule has 0 atom stereocenters. The minimum Gasteiger partial charge on any atom is -0.335 e. The van der Waals surface area contributed by atoms with Gasteiger partial charge in [0.1, 0.15) is 0 Å². The zero-order valence-electron chi connectivity index (χ0n) is 23.9. The van der Waals surface area contributed by atoms with Crippen molar-refractivity contribution in [3.63, 3.8) is 0 Å². The molecule has 0 radical (unpaired) electrons. The normalized spacial score (nSPS) is 11.8. The molecule has 0 bridgehead atoms. The van der Waals surface area contributed by atoms with Gasteiger partial charge in [-0.2, -0.15) is 0 Å². The molecule has 0 unspecified atom stereocenters. The van der Waals surface area contributed by atoms with Gasteiger partial charge < -0.3 is 9.97 Å². The predicted octanol–water partition coefficient (Wildman–Crippen LogP) is 7.58. The lowest BCUT2D eigenvalue weighted by atomic mass is 9.83. The fourth-order valence-corrected chi connectivity index (χ4v) is 6.89. The van der Waals surface area contributed by atoms with Gasteiger partial charge in [0, 0.05) is 33.0 Å². The van der Waals surface area contributed by atoms with Crippen molar-refractivity contribution in [2.75, 3.05) is 0 Å². The molecule has 0 aliphatic carbocycles. The van der Waals surface area contributed by atoms with Crippen LogP contribution in [0.5, 0.6) is 0 Å². The van der Waals surface area contributed by atoms with Crippen LogP contribution in [0.2, 0.25) is 0 Å². The number of rotatable bonds is 6. The lowest BCUT2D eigenvalue weighted by molar-refractivity contribution is 0.102. The van der Waals surface area contributed by atoms with Crippen molar-refractivity contribution in [3.8, 4) is 0 Å². The third kappa shape index (κ3) is 3.49. The molecule has 46 heavy (non-hydrogen) atoms. The van der Waals surface area contributed by atoms with E-state index in [2.05, 4.69) is 19.9 Å². The van der Waals surface area contributed by atoms with E-state index < -0.39 is 0 Å². The number of hydrogen-bond donors (Lipinski definition) is 2. The maximum absolute atomic E-state index is 14.3. The highest BCUT2D eigenvalue weighted by atomic mass is 16.1. The lowest BCUT2D eigenvalue weighted by Gasteiger charge is -2.19. The molecule has 9 aromatic rings. The van der Waals surface area contributed by atoms with Gasteiger partial charge >= 0.3 is 0 Å². The van der Waals surface area contributed by atoms with Crippen LogP contribution in [0.15, 0.2) is 97.1 Å². The maximum Gasteiger partial charge on any atom is 0.228 e. The molecule has 216 valence electrons. The number of imidazole rings is 2. The Morgan fingerprint density at radius 1 is 0.478 bits per heavy atom. The summed E-state index contributed by atoms with van der Waals surface area (Å²) in [7, 11) is 0. The second kappa shape index (κ2) is 9.48. The molecule has 2 aromatic heterocycles. The molecule has 8 nitrogen and oxygen atoms in total. The molecular weight excluding hydrogens is 576 g/mol. The van der Waals surface area contributed by atoms with Gasteiger partial charge in [0.2, 0.25) is 11.6 Å². The number of nitrogens with one attached hydrogen (secondary N) is 2. The maximum atomic E-state index is 14.3. The number of carbonyl (C=O) groups excluding carboxylic acids is 4. The molecule has 8 heteroatoms. The van der Waals surface area contributed by atoms with E-state index in [0.717, 1.165) is 55.9 Å². The van der Waals surface area contributed by atoms with Gasteiger partial charge in [0.25, 0.3) is 0 Å². The van der Waals surface area contributed by atoms with Crippen molar-refractivity contribution in [3.05, 3.63) is 131 Å². The quantitative estimate of drug-likeness (QED) is 0.0882. The van der Waals surface area contributed by atoms with E-state index >= 15 is 0 Å². The molecule has 7 aromatic carbocycles. The minimum absolute atomic E-state index is 0.161. The van der Waals surface area contributed by atoms with E-state index in [0.29, 0.717) is 44.1 Å². The highest BCUT2D eigenvalue weighted by molar-refractivity contribution is 6.39. The van der Waals surface area contributed by atoms with E-state index in [4.69, 9.17) is 0 Å². The Hall–Kier alpha value is -6.54. The number of fused-ring (bicyclic) bond motifs is 4. The molecule has 2 N–H and O–H groups in total. The van der Waals surface area contributed by atoms with Crippen molar-refractivity contribution in [2.24, 2.45) is 0 Å². The summed E-state index contributed by atoms with van der Waals surface area (Å²) in [6.07, 6.45) is 1.51. The van der Waals surface area contributed by atoms with Gasteiger partial charge in [-0.25, -0.2) is 9.97 Å². The van der Waals surface area contributed by atoms with E-state index in [-0.39, 0.29) is 23.2 Å². The largest absolute Gasteiger partial charge is 0.335 e. The number of aldehydes is 2. The standard InChI is InChI=1S/C38H20N4O4/c43-17-19-9-11-21-23-13-15-25(35(45)37-39-27-5-1-2-6-28(27)40-37)34-26(36(46)38-41-29-7-3-4-8-30(29)42-38)16-14-24(33(23)34)22-12-10-20(18-44)31(19)32(21)22/h1-18H,(H,39,40)(H,41,42). The molecule has 0 aliphatic rings. The molecule has 0 aliphatic heterocycles. The van der Waals surface area contributed by atoms with Gasteiger partial charge in [0.05, 0.1) is 22.1 Å². The summed E-state index contributed by atoms with van der Waals surface area (Å²) < 4.78 is 0. The Morgan fingerprint density at radius 3 is 1.33 bits per heavy atom. The zero-order chi connectivity index (χ0) is 31.1. The molecular formula is C38H20N4O4. The molecule has 0 saturated heterocycles. The van der Waals surface area contributed by atoms with E-state index in [1.165, 1.54) is 0 Å². The summed E-state index contributed by atoms with van der Waals surface area (Å²) in [4.78, 5) is 68.2. The van der Waals surface area contributed by atoms with Crippen LogP contribution in [-0.4, -0.2) is 44.1 Å². The second-order valence-corrected chi connectivity index (χ2v) is 11.3. The molecule has 0 amide bonds. The topological polar surface area (TPSA) is 126 Å². The molecule has 9 rings (SSSR count). The SMILES string of the molecule is O=Cc1ccc2c3ccc(C(=O)c4nc5ccccc5[nH]4)c4c(C(=O)c5nc6ccccc6[nH]5)ccc(c5ccc(C=O)c1c25)c43. The van der Waals surface area contributed by atoms with Crippen LogP contribution in [0.25, 0.3) is 65.2 Å². The van der Waals surface area contributed by atoms with Crippen LogP contribution >= 0.6 is 0 Å². The van der Waals surface area contributed by atoms with Crippen molar-refractivity contribution in [2.45, 2.75) is 0 Å². The van der Waals surface area contributed by atoms with Crippen LogP contribution < -0.4 is 0 Å². The first-order valence-corrected chi connectivity index (χ1v) is 14.6. The Kier molecular flexibility index (Phi) is 5.34. The molecule has 0 saturated carbocycles. The van der Waals surface area contributed by atoms with Crippen molar-refractivity contribution in [1.82, 2.24) is 19.9 Å². The zero-order valence-corrected chi connectivity index (χ0v) is 23.9. The number of benzene rings is 7. The Bertz CT molecular complexity index is 2540. The average Bonchev–Trinajstić information content (AvgIpc) is 3.74. The number of aromatic amines is 2. The first-order chi connectivity index (χ1) is 22.6. The van der Waals surface area contributed by atoms with Crippen LogP contribution in [0.1, 0.15) is 53.1 Å². The smallest absolute Gasteiger partial charge is 0.228 e. The van der Waals surface area contributed by atoms with Crippen molar-refractivity contribution < 1.29 is 19.2 Å². The van der Waals surface area contributed by atoms with Crippen LogP contribution in [0, 0.1) is 0 Å². The summed E-state index contributed by atoms with van der Waals surface area (Å²) in [6.45, 7) is 0. The Labute approximate surface area is 259 Å². The first kappa shape index (κ1) is 25.9. The van der Waals surface area contributed by atoms with E-state index in [9.17, 15) is 19.2 Å². The number of ketones is 2.